The largest absolute Gasteiger partial charge is 0.398 e. The predicted octanol–water partition coefficient (Wildman–Crippen LogP) is 3.74. The topological polar surface area (TPSA) is 26.0 Å². The first kappa shape index (κ1) is 8.59. The monoisotopic (exact) mass is 309 g/mol. The Bertz CT molecular complexity index is 438. The van der Waals surface area contributed by atoms with Gasteiger partial charge in [-0.25, -0.2) is 0 Å². The average Bonchev–Trinajstić information content (AvgIpc) is 2.42. The molecule has 62 valence electrons. The standard InChI is InChI=1S/C8H5ClINS/c9-4-3-12-8-6(11)2-1-5(10)7(4)8/h1-3H,11H2. The molecule has 0 aliphatic rings. The van der Waals surface area contributed by atoms with E-state index >= 15 is 0 Å². The zero-order valence-electron chi connectivity index (χ0n) is 5.97. The molecular formula is C8H5ClINS. The van der Waals surface area contributed by atoms with Gasteiger partial charge in [-0.1, -0.05) is 11.6 Å². The Morgan fingerprint density at radius 1 is 1.42 bits per heavy atom. The fourth-order valence-corrected chi connectivity index (χ4v) is 3.44. The van der Waals surface area contributed by atoms with Crippen LogP contribution in [0.5, 0.6) is 0 Å². The van der Waals surface area contributed by atoms with Gasteiger partial charge in [0.1, 0.15) is 0 Å². The van der Waals surface area contributed by atoms with Crippen LogP contribution in [0.1, 0.15) is 0 Å². The second kappa shape index (κ2) is 3.05. The lowest BCUT2D eigenvalue weighted by atomic mass is 10.2. The number of hydrogen-bond acceptors (Lipinski definition) is 2. The third-order valence-corrected chi connectivity index (χ3v) is 4.01. The van der Waals surface area contributed by atoms with Gasteiger partial charge in [0.2, 0.25) is 0 Å². The SMILES string of the molecule is Nc1ccc(I)c2c(Cl)csc12. The van der Waals surface area contributed by atoms with E-state index in [1.165, 1.54) is 0 Å². The van der Waals surface area contributed by atoms with Crippen molar-refractivity contribution in [2.24, 2.45) is 0 Å². The minimum absolute atomic E-state index is 0.798. The molecule has 0 fully saturated rings. The van der Waals surface area contributed by atoms with Crippen molar-refractivity contribution in [1.29, 1.82) is 0 Å². The van der Waals surface area contributed by atoms with E-state index < -0.39 is 0 Å². The molecular weight excluding hydrogens is 305 g/mol. The average molecular weight is 310 g/mol. The van der Waals surface area contributed by atoms with Crippen molar-refractivity contribution >= 4 is 61.3 Å². The Morgan fingerprint density at radius 3 is 2.83 bits per heavy atom. The van der Waals surface area contributed by atoms with Crippen molar-refractivity contribution in [3.05, 3.63) is 26.1 Å². The first-order valence-corrected chi connectivity index (χ1v) is 5.64. The normalized spacial score (nSPS) is 10.8. The molecule has 1 aromatic heterocycles. The van der Waals surface area contributed by atoms with Gasteiger partial charge in [-0.2, -0.15) is 0 Å². The van der Waals surface area contributed by atoms with Gasteiger partial charge in [0, 0.05) is 20.0 Å². The Kier molecular flexibility index (Phi) is 2.18. The molecule has 0 aliphatic heterocycles. The molecule has 1 nitrogen and oxygen atoms in total. The maximum absolute atomic E-state index is 6.00. The summed E-state index contributed by atoms with van der Waals surface area (Å²) < 4.78 is 2.25. The Labute approximate surface area is 92.7 Å². The summed E-state index contributed by atoms with van der Waals surface area (Å²) in [7, 11) is 0. The summed E-state index contributed by atoms with van der Waals surface area (Å²) >= 11 is 9.86. The Hall–Kier alpha value is -0.000000000000000139. The van der Waals surface area contributed by atoms with Crippen LogP contribution in [-0.4, -0.2) is 0 Å². The summed E-state index contributed by atoms with van der Waals surface area (Å²) in [6.07, 6.45) is 0. The van der Waals surface area contributed by atoms with Crippen LogP contribution in [0.3, 0.4) is 0 Å². The molecule has 0 radical (unpaired) electrons. The summed E-state index contributed by atoms with van der Waals surface area (Å²) in [5.74, 6) is 0. The van der Waals surface area contributed by atoms with E-state index in [1.54, 1.807) is 11.3 Å². The number of fused-ring (bicyclic) bond motifs is 1. The van der Waals surface area contributed by atoms with Crippen molar-refractivity contribution in [2.45, 2.75) is 0 Å². The van der Waals surface area contributed by atoms with Crippen molar-refractivity contribution in [3.8, 4) is 0 Å². The van der Waals surface area contributed by atoms with E-state index in [0.717, 1.165) is 24.4 Å². The van der Waals surface area contributed by atoms with Crippen molar-refractivity contribution in [2.75, 3.05) is 5.73 Å². The highest BCUT2D eigenvalue weighted by Crippen LogP contribution is 2.36. The Balaban J connectivity index is 2.98. The third-order valence-electron chi connectivity index (χ3n) is 1.66. The van der Waals surface area contributed by atoms with Gasteiger partial charge in [0.15, 0.2) is 0 Å². The van der Waals surface area contributed by atoms with Gasteiger partial charge >= 0.3 is 0 Å². The maximum Gasteiger partial charge on any atom is 0.0603 e. The van der Waals surface area contributed by atoms with Gasteiger partial charge < -0.3 is 5.73 Å². The second-order valence-electron chi connectivity index (χ2n) is 2.42. The minimum atomic E-state index is 0.798. The molecule has 0 spiro atoms. The van der Waals surface area contributed by atoms with E-state index in [0.29, 0.717) is 0 Å². The fourth-order valence-electron chi connectivity index (χ4n) is 1.09. The summed E-state index contributed by atoms with van der Waals surface area (Å²) in [5, 5.41) is 3.80. The lowest BCUT2D eigenvalue weighted by Gasteiger charge is -1.97. The summed E-state index contributed by atoms with van der Waals surface area (Å²) in [4.78, 5) is 0. The van der Waals surface area contributed by atoms with Crippen molar-refractivity contribution in [1.82, 2.24) is 0 Å². The van der Waals surface area contributed by atoms with Crippen LogP contribution in [0.2, 0.25) is 5.02 Å². The molecule has 0 aliphatic carbocycles. The van der Waals surface area contributed by atoms with Crippen LogP contribution in [0.4, 0.5) is 5.69 Å². The van der Waals surface area contributed by atoms with Gasteiger partial charge in [-0.15, -0.1) is 11.3 Å². The summed E-state index contributed by atoms with van der Waals surface area (Å²) in [6.45, 7) is 0. The number of hydrogen-bond donors (Lipinski definition) is 1. The molecule has 12 heavy (non-hydrogen) atoms. The molecule has 4 heteroatoms. The molecule has 0 atom stereocenters. The highest BCUT2D eigenvalue weighted by molar-refractivity contribution is 14.1. The number of halogens is 2. The predicted molar refractivity (Wildman–Crippen MR) is 64.0 cm³/mol. The van der Waals surface area contributed by atoms with E-state index in [1.807, 2.05) is 17.5 Å². The quantitative estimate of drug-likeness (QED) is 0.582. The van der Waals surface area contributed by atoms with Gasteiger partial charge in [-0.05, 0) is 34.7 Å². The van der Waals surface area contributed by atoms with Crippen LogP contribution in [0, 0.1) is 3.57 Å². The van der Waals surface area contributed by atoms with E-state index in [-0.39, 0.29) is 0 Å². The van der Waals surface area contributed by atoms with Gasteiger partial charge in [-0.3, -0.25) is 0 Å². The van der Waals surface area contributed by atoms with E-state index in [2.05, 4.69) is 22.6 Å². The maximum atomic E-state index is 6.00. The highest BCUT2D eigenvalue weighted by atomic mass is 127. The lowest BCUT2D eigenvalue weighted by molar-refractivity contribution is 1.75. The summed E-state index contributed by atoms with van der Waals surface area (Å²) in [6, 6.07) is 3.90. The molecule has 0 bridgehead atoms. The molecule has 0 unspecified atom stereocenters. The van der Waals surface area contributed by atoms with Crippen LogP contribution >= 0.6 is 45.5 Å². The summed E-state index contributed by atoms with van der Waals surface area (Å²) in [5.41, 5.74) is 6.59. The van der Waals surface area contributed by atoms with E-state index in [9.17, 15) is 0 Å². The first-order valence-electron chi connectivity index (χ1n) is 3.31. The minimum Gasteiger partial charge on any atom is -0.398 e. The van der Waals surface area contributed by atoms with Crippen molar-refractivity contribution in [3.63, 3.8) is 0 Å². The molecule has 0 saturated heterocycles. The number of benzene rings is 1. The number of anilines is 1. The van der Waals surface area contributed by atoms with Crippen LogP contribution < -0.4 is 5.73 Å². The van der Waals surface area contributed by atoms with Gasteiger partial charge in [0.05, 0.1) is 9.72 Å². The van der Waals surface area contributed by atoms with E-state index in [4.69, 9.17) is 17.3 Å². The fraction of sp³-hybridized carbons (Fsp3) is 0. The smallest absolute Gasteiger partial charge is 0.0603 e. The number of rotatable bonds is 0. The number of thiophene rings is 1. The van der Waals surface area contributed by atoms with Crippen molar-refractivity contribution < 1.29 is 0 Å². The molecule has 0 amide bonds. The molecule has 2 rings (SSSR count). The highest BCUT2D eigenvalue weighted by Gasteiger charge is 2.07. The van der Waals surface area contributed by atoms with Crippen LogP contribution in [-0.2, 0) is 0 Å². The third kappa shape index (κ3) is 1.20. The lowest BCUT2D eigenvalue weighted by Crippen LogP contribution is -1.84. The Morgan fingerprint density at radius 2 is 2.17 bits per heavy atom. The van der Waals surface area contributed by atoms with Crippen LogP contribution in [0.25, 0.3) is 10.1 Å². The van der Waals surface area contributed by atoms with Crippen LogP contribution in [0.15, 0.2) is 17.5 Å². The number of nitrogens with two attached hydrogens (primary N) is 1. The molecule has 1 aromatic carbocycles. The van der Waals surface area contributed by atoms with Gasteiger partial charge in [0.25, 0.3) is 0 Å². The second-order valence-corrected chi connectivity index (χ2v) is 4.87. The number of nitrogen functional groups attached to an aromatic ring is 1. The zero-order valence-corrected chi connectivity index (χ0v) is 9.70. The zero-order chi connectivity index (χ0) is 8.72. The molecule has 0 saturated carbocycles. The molecule has 2 aromatic rings. The first-order chi connectivity index (χ1) is 5.70. The molecule has 1 heterocycles. The molecule has 2 N–H and O–H groups in total.